The number of hydrogen-bond donors (Lipinski definition) is 2. The molecule has 0 fully saturated rings. The Hall–Kier alpha value is -1.43. The third-order valence-corrected chi connectivity index (χ3v) is 3.94. The third-order valence-electron chi connectivity index (χ3n) is 3.55. The Labute approximate surface area is 119 Å². The van der Waals surface area contributed by atoms with E-state index in [0.29, 0.717) is 19.4 Å². The van der Waals surface area contributed by atoms with Gasteiger partial charge < -0.3 is 15.6 Å². The van der Waals surface area contributed by atoms with E-state index in [9.17, 15) is 4.79 Å². The van der Waals surface area contributed by atoms with Crippen LogP contribution >= 0.6 is 12.2 Å². The largest absolute Gasteiger partial charge is 0.392 e. The molecule has 1 aromatic heterocycles. The highest BCUT2D eigenvalue weighted by Gasteiger charge is 2.37. The molecule has 0 unspecified atom stereocenters. The van der Waals surface area contributed by atoms with Crippen LogP contribution in [0.3, 0.4) is 0 Å². The van der Waals surface area contributed by atoms with Gasteiger partial charge in [-0.1, -0.05) is 26.1 Å². The van der Waals surface area contributed by atoms with Gasteiger partial charge >= 0.3 is 0 Å². The van der Waals surface area contributed by atoms with Gasteiger partial charge in [-0.15, -0.1) is 0 Å². The molecule has 0 radical (unpaired) electrons. The van der Waals surface area contributed by atoms with Crippen LogP contribution in [0.2, 0.25) is 0 Å². The molecule has 6 heteroatoms. The summed E-state index contributed by atoms with van der Waals surface area (Å²) in [4.78, 5) is 16.5. The lowest BCUT2D eigenvalue weighted by atomic mass is 9.81. The quantitative estimate of drug-likeness (QED) is 0.559. The van der Waals surface area contributed by atoms with Crippen LogP contribution in [0, 0.1) is 5.41 Å². The molecule has 1 rings (SSSR count). The molecule has 0 bridgehead atoms. The second-order valence-electron chi connectivity index (χ2n) is 4.56. The van der Waals surface area contributed by atoms with E-state index in [0.717, 1.165) is 13.0 Å². The maximum Gasteiger partial charge on any atom is 0.233 e. The summed E-state index contributed by atoms with van der Waals surface area (Å²) in [7, 11) is 0. The predicted molar refractivity (Wildman–Crippen MR) is 79.7 cm³/mol. The summed E-state index contributed by atoms with van der Waals surface area (Å²) in [5, 5.41) is 2.93. The Balaban J connectivity index is 2.43. The molecule has 0 saturated carbocycles. The highest BCUT2D eigenvalue weighted by atomic mass is 32.1. The van der Waals surface area contributed by atoms with E-state index in [2.05, 4.69) is 10.3 Å². The van der Waals surface area contributed by atoms with Gasteiger partial charge in [-0.25, -0.2) is 4.98 Å². The van der Waals surface area contributed by atoms with E-state index in [1.165, 1.54) is 0 Å². The highest BCUT2D eigenvalue weighted by molar-refractivity contribution is 7.80. The van der Waals surface area contributed by atoms with Crippen molar-refractivity contribution >= 4 is 23.1 Å². The Kier molecular flexibility index (Phi) is 5.95. The van der Waals surface area contributed by atoms with Crippen molar-refractivity contribution in [3.63, 3.8) is 0 Å². The predicted octanol–water partition coefficient (Wildman–Crippen LogP) is 1.48. The fourth-order valence-electron chi connectivity index (χ4n) is 2.08. The zero-order chi connectivity index (χ0) is 14.3. The summed E-state index contributed by atoms with van der Waals surface area (Å²) in [5.41, 5.74) is 5.03. The van der Waals surface area contributed by atoms with Gasteiger partial charge in [-0.05, 0) is 19.3 Å². The van der Waals surface area contributed by atoms with Crippen molar-refractivity contribution in [2.75, 3.05) is 6.54 Å². The molecule has 1 amide bonds. The maximum atomic E-state index is 12.2. The first-order valence-corrected chi connectivity index (χ1v) is 7.01. The fraction of sp³-hybridized carbons (Fsp3) is 0.615. The molecule has 3 N–H and O–H groups in total. The summed E-state index contributed by atoms with van der Waals surface area (Å²) < 4.78 is 1.98. The van der Waals surface area contributed by atoms with Gasteiger partial charge in [0.1, 0.15) is 0 Å². The van der Waals surface area contributed by atoms with Gasteiger partial charge in [0, 0.05) is 25.5 Å². The third kappa shape index (κ3) is 3.76. The molecule has 0 atom stereocenters. The average Bonchev–Trinajstić information content (AvgIpc) is 2.89. The number of aryl methyl sites for hydroxylation is 1. The van der Waals surface area contributed by atoms with E-state index in [1.54, 1.807) is 12.5 Å². The summed E-state index contributed by atoms with van der Waals surface area (Å²) in [6.45, 7) is 5.32. The van der Waals surface area contributed by atoms with Crippen LogP contribution in [0.25, 0.3) is 0 Å². The van der Waals surface area contributed by atoms with Gasteiger partial charge in [0.15, 0.2) is 0 Å². The number of amides is 1. The zero-order valence-corrected chi connectivity index (χ0v) is 12.4. The molecule has 0 aliphatic carbocycles. The van der Waals surface area contributed by atoms with E-state index >= 15 is 0 Å². The summed E-state index contributed by atoms with van der Waals surface area (Å²) >= 11 is 5.05. The molecule has 0 spiro atoms. The Morgan fingerprint density at radius 3 is 2.63 bits per heavy atom. The number of nitrogens with one attached hydrogen (secondary N) is 1. The summed E-state index contributed by atoms with van der Waals surface area (Å²) in [6.07, 6.45) is 7.52. The number of imidazole rings is 1. The lowest BCUT2D eigenvalue weighted by Crippen LogP contribution is -2.48. The van der Waals surface area contributed by atoms with Gasteiger partial charge in [0.25, 0.3) is 0 Å². The molecule has 1 heterocycles. The first kappa shape index (κ1) is 15.6. The number of carbonyl (C=O) groups is 1. The molecule has 106 valence electrons. The Morgan fingerprint density at radius 2 is 2.16 bits per heavy atom. The second-order valence-corrected chi connectivity index (χ2v) is 5.00. The van der Waals surface area contributed by atoms with Crippen molar-refractivity contribution in [2.24, 2.45) is 11.1 Å². The van der Waals surface area contributed by atoms with Crippen molar-refractivity contribution in [1.29, 1.82) is 0 Å². The number of aromatic nitrogens is 2. The van der Waals surface area contributed by atoms with Crippen LogP contribution in [-0.4, -0.2) is 27.0 Å². The lowest BCUT2D eigenvalue weighted by molar-refractivity contribution is -0.127. The van der Waals surface area contributed by atoms with Gasteiger partial charge in [0.05, 0.1) is 16.7 Å². The van der Waals surface area contributed by atoms with E-state index < -0.39 is 5.41 Å². The number of carbonyl (C=O) groups excluding carboxylic acids is 1. The fourth-order valence-corrected chi connectivity index (χ4v) is 2.46. The number of thiocarbonyl (C=S) groups is 1. The standard InChI is InChI=1S/C13H22N4OS/c1-3-13(4-2,11(14)19)12(18)16-6-5-8-17-9-7-15-10-17/h7,9-10H,3-6,8H2,1-2H3,(H2,14,19)(H,16,18). The van der Waals surface area contributed by atoms with Crippen LogP contribution in [-0.2, 0) is 11.3 Å². The number of hydrogen-bond acceptors (Lipinski definition) is 3. The molecule has 0 saturated heterocycles. The van der Waals surface area contributed by atoms with Crippen LogP contribution in [0.5, 0.6) is 0 Å². The van der Waals surface area contributed by atoms with Crippen LogP contribution in [0.4, 0.5) is 0 Å². The first-order valence-electron chi connectivity index (χ1n) is 6.60. The van der Waals surface area contributed by atoms with Crippen LogP contribution < -0.4 is 11.1 Å². The molecule has 0 aromatic carbocycles. The van der Waals surface area contributed by atoms with Crippen molar-refractivity contribution in [3.05, 3.63) is 18.7 Å². The van der Waals surface area contributed by atoms with Crippen molar-refractivity contribution in [2.45, 2.75) is 39.7 Å². The second kappa shape index (κ2) is 7.23. The molecule has 5 nitrogen and oxygen atoms in total. The molecule has 19 heavy (non-hydrogen) atoms. The smallest absolute Gasteiger partial charge is 0.233 e. The van der Waals surface area contributed by atoms with Gasteiger partial charge in [-0.2, -0.15) is 0 Å². The van der Waals surface area contributed by atoms with Gasteiger partial charge in [0.2, 0.25) is 5.91 Å². The summed E-state index contributed by atoms with van der Waals surface area (Å²) in [5.74, 6) is -0.0596. The minimum atomic E-state index is -0.704. The number of nitrogens with zero attached hydrogens (tertiary/aromatic N) is 2. The molecular weight excluding hydrogens is 260 g/mol. The normalized spacial score (nSPS) is 11.3. The molecule has 0 aliphatic heterocycles. The SMILES string of the molecule is CCC(CC)(C(=O)NCCCn1ccnc1)C(N)=S. The lowest BCUT2D eigenvalue weighted by Gasteiger charge is -2.28. The Bertz CT molecular complexity index is 412. The molecule has 0 aliphatic rings. The van der Waals surface area contributed by atoms with Crippen molar-refractivity contribution < 1.29 is 4.79 Å². The van der Waals surface area contributed by atoms with Crippen LogP contribution in [0.1, 0.15) is 33.1 Å². The van der Waals surface area contributed by atoms with Gasteiger partial charge in [-0.3, -0.25) is 4.79 Å². The molecular formula is C13H22N4OS. The number of rotatable bonds is 8. The van der Waals surface area contributed by atoms with E-state index in [-0.39, 0.29) is 10.9 Å². The maximum absolute atomic E-state index is 12.2. The first-order chi connectivity index (χ1) is 9.06. The topological polar surface area (TPSA) is 72.9 Å². The average molecular weight is 282 g/mol. The monoisotopic (exact) mass is 282 g/mol. The van der Waals surface area contributed by atoms with E-state index in [1.807, 2.05) is 24.6 Å². The highest BCUT2D eigenvalue weighted by Crippen LogP contribution is 2.27. The van der Waals surface area contributed by atoms with Crippen LogP contribution in [0.15, 0.2) is 18.7 Å². The van der Waals surface area contributed by atoms with E-state index in [4.69, 9.17) is 18.0 Å². The summed E-state index contributed by atoms with van der Waals surface area (Å²) in [6, 6.07) is 0. The van der Waals surface area contributed by atoms with Crippen molar-refractivity contribution in [1.82, 2.24) is 14.9 Å². The minimum absolute atomic E-state index is 0.0596. The Morgan fingerprint density at radius 1 is 1.47 bits per heavy atom. The zero-order valence-electron chi connectivity index (χ0n) is 11.6. The minimum Gasteiger partial charge on any atom is -0.392 e. The van der Waals surface area contributed by atoms with Crippen molar-refractivity contribution in [3.8, 4) is 0 Å². The number of nitrogens with two attached hydrogens (primary N) is 1. The molecule has 1 aromatic rings.